The molecule has 18 heavy (non-hydrogen) atoms. The molecule has 0 aliphatic carbocycles. The molecule has 0 aliphatic rings. The van der Waals surface area contributed by atoms with E-state index in [1.807, 2.05) is 0 Å². The minimum atomic E-state index is -1.01. The first kappa shape index (κ1) is 14.1. The van der Waals surface area contributed by atoms with Crippen molar-refractivity contribution in [3.8, 4) is 0 Å². The van der Waals surface area contributed by atoms with Gasteiger partial charge in [0.1, 0.15) is 6.04 Å². The summed E-state index contributed by atoms with van der Waals surface area (Å²) in [5.74, 6) is -1.33. The summed E-state index contributed by atoms with van der Waals surface area (Å²) in [6, 6.07) is 2.65. The van der Waals surface area contributed by atoms with E-state index >= 15 is 0 Å². The Balaban J connectivity index is 2.48. The van der Waals surface area contributed by atoms with Crippen LogP contribution in [0.25, 0.3) is 0 Å². The molecule has 0 radical (unpaired) electrons. The Morgan fingerprint density at radius 3 is 2.72 bits per heavy atom. The van der Waals surface area contributed by atoms with Crippen LogP contribution in [-0.4, -0.2) is 34.7 Å². The van der Waals surface area contributed by atoms with Gasteiger partial charge in [0, 0.05) is 12.7 Å². The van der Waals surface area contributed by atoms with Gasteiger partial charge in [0.25, 0.3) is 0 Å². The first-order chi connectivity index (χ1) is 8.54. The number of pyridine rings is 1. The third-order valence-corrected chi connectivity index (χ3v) is 2.30. The summed E-state index contributed by atoms with van der Waals surface area (Å²) in [4.78, 5) is 25.9. The van der Waals surface area contributed by atoms with Gasteiger partial charge in [0.05, 0.1) is 17.9 Å². The number of aromatic nitrogens is 1. The Morgan fingerprint density at radius 2 is 2.22 bits per heavy atom. The molecule has 0 amide bonds. The van der Waals surface area contributed by atoms with Gasteiger partial charge < -0.3 is 9.84 Å². The quantitative estimate of drug-likeness (QED) is 0.729. The van der Waals surface area contributed by atoms with Crippen molar-refractivity contribution in [3.63, 3.8) is 0 Å². The van der Waals surface area contributed by atoms with Crippen LogP contribution >= 0.6 is 0 Å². The van der Waals surface area contributed by atoms with Crippen molar-refractivity contribution in [1.82, 2.24) is 10.3 Å². The zero-order valence-corrected chi connectivity index (χ0v) is 10.3. The molecule has 1 unspecified atom stereocenters. The predicted octanol–water partition coefficient (Wildman–Crippen LogP) is 0.821. The third kappa shape index (κ3) is 4.14. The van der Waals surface area contributed by atoms with Crippen LogP contribution in [0.15, 0.2) is 18.3 Å². The lowest BCUT2D eigenvalue weighted by molar-refractivity contribution is -0.145. The van der Waals surface area contributed by atoms with Crippen molar-refractivity contribution in [2.75, 3.05) is 6.61 Å². The van der Waals surface area contributed by atoms with Gasteiger partial charge in [-0.25, -0.2) is 4.79 Å². The lowest BCUT2D eigenvalue weighted by Crippen LogP contribution is -2.35. The molecule has 1 atom stereocenters. The maximum atomic E-state index is 11.3. The maximum absolute atomic E-state index is 11.3. The number of nitrogens with one attached hydrogen (secondary N) is 1. The van der Waals surface area contributed by atoms with E-state index in [0.29, 0.717) is 18.8 Å². The average Bonchev–Trinajstić information content (AvgIpc) is 2.36. The summed E-state index contributed by atoms with van der Waals surface area (Å²) >= 11 is 0. The van der Waals surface area contributed by atoms with Gasteiger partial charge in [-0.15, -0.1) is 0 Å². The van der Waals surface area contributed by atoms with Crippen LogP contribution in [0.3, 0.4) is 0 Å². The van der Waals surface area contributed by atoms with E-state index in [9.17, 15) is 9.59 Å². The predicted molar refractivity (Wildman–Crippen MR) is 64.1 cm³/mol. The van der Waals surface area contributed by atoms with Crippen molar-refractivity contribution in [2.24, 2.45) is 0 Å². The highest BCUT2D eigenvalue weighted by atomic mass is 16.5. The van der Waals surface area contributed by atoms with Crippen LogP contribution in [0.5, 0.6) is 0 Å². The van der Waals surface area contributed by atoms with Crippen molar-refractivity contribution < 1.29 is 19.4 Å². The Morgan fingerprint density at radius 1 is 1.50 bits per heavy atom. The molecule has 0 saturated heterocycles. The standard InChI is InChI=1S/C12H16N2O4/c1-3-18-12(17)8(2)13-7-10-5-4-9(6-14-10)11(15)16/h4-6,8,13H,3,7H2,1-2H3,(H,15,16). The highest BCUT2D eigenvalue weighted by Crippen LogP contribution is 2.01. The zero-order valence-electron chi connectivity index (χ0n) is 10.3. The van der Waals surface area contributed by atoms with Crippen LogP contribution in [-0.2, 0) is 16.1 Å². The molecule has 98 valence electrons. The number of esters is 1. The van der Waals surface area contributed by atoms with E-state index in [2.05, 4.69) is 10.3 Å². The fraction of sp³-hybridized carbons (Fsp3) is 0.417. The number of carbonyl (C=O) groups is 2. The van der Waals surface area contributed by atoms with E-state index in [1.54, 1.807) is 19.9 Å². The number of nitrogens with zero attached hydrogens (tertiary/aromatic N) is 1. The Kier molecular flexibility index (Phi) is 5.26. The molecule has 0 aromatic carbocycles. The number of hydrogen-bond donors (Lipinski definition) is 2. The van der Waals surface area contributed by atoms with Crippen molar-refractivity contribution in [2.45, 2.75) is 26.4 Å². The van der Waals surface area contributed by atoms with Gasteiger partial charge in [-0.2, -0.15) is 0 Å². The SMILES string of the molecule is CCOC(=O)C(C)NCc1ccc(C(=O)O)cn1. The summed E-state index contributed by atoms with van der Waals surface area (Å²) in [6.07, 6.45) is 1.29. The van der Waals surface area contributed by atoms with E-state index in [4.69, 9.17) is 9.84 Å². The van der Waals surface area contributed by atoms with Crippen molar-refractivity contribution in [3.05, 3.63) is 29.6 Å². The summed E-state index contributed by atoms with van der Waals surface area (Å²) in [5.41, 5.74) is 0.799. The molecular formula is C12H16N2O4. The smallest absolute Gasteiger partial charge is 0.337 e. The van der Waals surface area contributed by atoms with Gasteiger partial charge in [-0.3, -0.25) is 15.1 Å². The molecule has 6 heteroatoms. The maximum Gasteiger partial charge on any atom is 0.337 e. The fourth-order valence-corrected chi connectivity index (χ4v) is 1.26. The summed E-state index contributed by atoms with van der Waals surface area (Å²) in [7, 11) is 0. The van der Waals surface area contributed by atoms with Gasteiger partial charge in [0.15, 0.2) is 0 Å². The zero-order chi connectivity index (χ0) is 13.5. The monoisotopic (exact) mass is 252 g/mol. The van der Waals surface area contributed by atoms with E-state index in [1.165, 1.54) is 12.3 Å². The molecule has 0 aliphatic heterocycles. The molecule has 1 aromatic rings. The number of carboxylic acid groups (broad SMARTS) is 1. The Labute approximate surface area is 105 Å². The molecule has 0 fully saturated rings. The van der Waals surface area contributed by atoms with Crippen molar-refractivity contribution in [1.29, 1.82) is 0 Å². The highest BCUT2D eigenvalue weighted by molar-refractivity contribution is 5.87. The van der Waals surface area contributed by atoms with E-state index < -0.39 is 12.0 Å². The van der Waals surface area contributed by atoms with Gasteiger partial charge >= 0.3 is 11.9 Å². The van der Waals surface area contributed by atoms with Crippen LogP contribution in [0.2, 0.25) is 0 Å². The van der Waals surface area contributed by atoms with Crippen molar-refractivity contribution >= 4 is 11.9 Å². The first-order valence-corrected chi connectivity index (χ1v) is 5.62. The molecule has 1 heterocycles. The number of carbonyl (C=O) groups excluding carboxylic acids is 1. The van der Waals surface area contributed by atoms with Crippen LogP contribution in [0.1, 0.15) is 29.9 Å². The topological polar surface area (TPSA) is 88.5 Å². The highest BCUT2D eigenvalue weighted by Gasteiger charge is 2.13. The summed E-state index contributed by atoms with van der Waals surface area (Å²) in [5, 5.41) is 11.7. The average molecular weight is 252 g/mol. The van der Waals surface area contributed by atoms with Gasteiger partial charge in [0.2, 0.25) is 0 Å². The number of ether oxygens (including phenoxy) is 1. The molecule has 2 N–H and O–H groups in total. The Bertz CT molecular complexity index is 417. The third-order valence-electron chi connectivity index (χ3n) is 2.30. The first-order valence-electron chi connectivity index (χ1n) is 5.62. The minimum absolute atomic E-state index is 0.136. The van der Waals surface area contributed by atoms with Crippen LogP contribution in [0, 0.1) is 0 Å². The normalized spacial score (nSPS) is 11.9. The number of rotatable bonds is 6. The Hall–Kier alpha value is -1.95. The number of carboxylic acids is 1. The molecule has 1 rings (SSSR count). The van der Waals surface area contributed by atoms with Gasteiger partial charge in [-0.05, 0) is 26.0 Å². The van der Waals surface area contributed by atoms with E-state index in [0.717, 1.165) is 0 Å². The minimum Gasteiger partial charge on any atom is -0.478 e. The fourth-order valence-electron chi connectivity index (χ4n) is 1.26. The molecule has 6 nitrogen and oxygen atoms in total. The number of hydrogen-bond acceptors (Lipinski definition) is 5. The molecule has 0 bridgehead atoms. The lowest BCUT2D eigenvalue weighted by Gasteiger charge is -2.12. The molecule has 1 aromatic heterocycles. The molecule has 0 saturated carbocycles. The van der Waals surface area contributed by atoms with Gasteiger partial charge in [-0.1, -0.05) is 0 Å². The second-order valence-electron chi connectivity index (χ2n) is 3.70. The van der Waals surface area contributed by atoms with Crippen LogP contribution < -0.4 is 5.32 Å². The van der Waals surface area contributed by atoms with E-state index in [-0.39, 0.29) is 11.5 Å². The second kappa shape index (κ2) is 6.70. The molecular weight excluding hydrogens is 236 g/mol. The summed E-state index contributed by atoms with van der Waals surface area (Å²) < 4.78 is 4.84. The molecule has 0 spiro atoms. The lowest BCUT2D eigenvalue weighted by atomic mass is 10.2. The second-order valence-corrected chi connectivity index (χ2v) is 3.70. The van der Waals surface area contributed by atoms with Crippen LogP contribution in [0.4, 0.5) is 0 Å². The largest absolute Gasteiger partial charge is 0.478 e. The number of aromatic carboxylic acids is 1. The summed E-state index contributed by atoms with van der Waals surface area (Å²) in [6.45, 7) is 4.16.